The van der Waals surface area contributed by atoms with E-state index in [0.717, 1.165) is 37.6 Å². The Hall–Kier alpha value is -0.180. The topological polar surface area (TPSA) is 20.3 Å². The molecule has 2 fully saturated rings. The van der Waals surface area contributed by atoms with Crippen molar-refractivity contribution in [2.24, 2.45) is 11.3 Å². The molecular formula is C13H23NOS. The van der Waals surface area contributed by atoms with E-state index in [4.69, 9.17) is 0 Å². The molecule has 2 rings (SSSR count). The lowest BCUT2D eigenvalue weighted by atomic mass is 9.98. The third-order valence-corrected chi connectivity index (χ3v) is 4.99. The van der Waals surface area contributed by atoms with Gasteiger partial charge in [-0.3, -0.25) is 4.79 Å². The van der Waals surface area contributed by atoms with E-state index in [1.54, 1.807) is 0 Å². The Bertz CT molecular complexity index is 263. The van der Waals surface area contributed by atoms with Crippen LogP contribution in [0.4, 0.5) is 0 Å². The highest BCUT2D eigenvalue weighted by atomic mass is 32.1. The quantitative estimate of drug-likeness (QED) is 0.750. The van der Waals surface area contributed by atoms with Crippen LogP contribution in [-0.4, -0.2) is 29.6 Å². The van der Waals surface area contributed by atoms with Crippen molar-refractivity contribution in [3.8, 4) is 0 Å². The van der Waals surface area contributed by atoms with Crippen molar-refractivity contribution >= 4 is 18.5 Å². The van der Waals surface area contributed by atoms with Crippen LogP contribution in [0, 0.1) is 11.3 Å². The maximum absolute atomic E-state index is 12.0. The van der Waals surface area contributed by atoms with Crippen LogP contribution < -0.4 is 0 Å². The van der Waals surface area contributed by atoms with Gasteiger partial charge in [0.1, 0.15) is 0 Å². The molecular weight excluding hydrogens is 218 g/mol. The average molecular weight is 241 g/mol. The molecule has 1 heterocycles. The monoisotopic (exact) mass is 241 g/mol. The lowest BCUT2D eigenvalue weighted by molar-refractivity contribution is -0.131. The van der Waals surface area contributed by atoms with Gasteiger partial charge in [0.15, 0.2) is 0 Å². The molecule has 0 aromatic rings. The highest BCUT2D eigenvalue weighted by Gasteiger charge is 2.43. The zero-order valence-electron chi connectivity index (χ0n) is 10.2. The highest BCUT2D eigenvalue weighted by Crippen LogP contribution is 2.47. The van der Waals surface area contributed by atoms with Crippen LogP contribution in [0.25, 0.3) is 0 Å². The second-order valence-corrected chi connectivity index (χ2v) is 5.89. The van der Waals surface area contributed by atoms with Gasteiger partial charge in [-0.2, -0.15) is 12.6 Å². The number of hydrogen-bond acceptors (Lipinski definition) is 2. The third kappa shape index (κ3) is 2.73. The Morgan fingerprint density at radius 2 is 2.19 bits per heavy atom. The standard InChI is InChI=1S/C13H23NOS/c1-2-11-3-4-12(15)14(8-5-11)9-13(10-16)6-7-13/h11,16H,2-10H2,1H3. The fraction of sp³-hybridized carbons (Fsp3) is 0.923. The maximum atomic E-state index is 12.0. The summed E-state index contributed by atoms with van der Waals surface area (Å²) in [5.41, 5.74) is 0.380. The zero-order valence-corrected chi connectivity index (χ0v) is 11.1. The van der Waals surface area contributed by atoms with Crippen molar-refractivity contribution in [1.82, 2.24) is 4.90 Å². The molecule has 0 N–H and O–H groups in total. The van der Waals surface area contributed by atoms with Crippen molar-refractivity contribution < 1.29 is 4.79 Å². The number of hydrogen-bond donors (Lipinski definition) is 1. The van der Waals surface area contributed by atoms with Gasteiger partial charge in [0, 0.05) is 19.5 Å². The molecule has 1 saturated carbocycles. The van der Waals surface area contributed by atoms with Crippen LogP contribution in [0.5, 0.6) is 0 Å². The van der Waals surface area contributed by atoms with Gasteiger partial charge in [-0.25, -0.2) is 0 Å². The van der Waals surface area contributed by atoms with Gasteiger partial charge >= 0.3 is 0 Å². The summed E-state index contributed by atoms with van der Waals surface area (Å²) >= 11 is 4.42. The van der Waals surface area contributed by atoms with E-state index >= 15 is 0 Å². The molecule has 2 nitrogen and oxygen atoms in total. The Morgan fingerprint density at radius 3 is 2.75 bits per heavy atom. The van der Waals surface area contributed by atoms with Gasteiger partial charge in [-0.05, 0) is 42.8 Å². The predicted octanol–water partition coefficient (Wildman–Crippen LogP) is 2.74. The van der Waals surface area contributed by atoms with Gasteiger partial charge in [0.05, 0.1) is 0 Å². The molecule has 0 radical (unpaired) electrons. The van der Waals surface area contributed by atoms with Gasteiger partial charge in [-0.15, -0.1) is 0 Å². The summed E-state index contributed by atoms with van der Waals surface area (Å²) in [5, 5.41) is 0. The third-order valence-electron chi connectivity index (χ3n) is 4.32. The first-order valence-corrected chi connectivity index (χ1v) is 7.21. The lowest BCUT2D eigenvalue weighted by Crippen LogP contribution is -2.36. The summed E-state index contributed by atoms with van der Waals surface area (Å²) in [6.07, 6.45) is 6.81. The lowest BCUT2D eigenvalue weighted by Gasteiger charge is -2.25. The second-order valence-electron chi connectivity index (χ2n) is 5.58. The Labute approximate surface area is 104 Å². The molecule has 1 aliphatic heterocycles. The van der Waals surface area contributed by atoms with E-state index in [1.165, 1.54) is 25.7 Å². The molecule has 92 valence electrons. The summed E-state index contributed by atoms with van der Waals surface area (Å²) in [4.78, 5) is 14.1. The summed E-state index contributed by atoms with van der Waals surface area (Å²) in [7, 11) is 0. The zero-order chi connectivity index (χ0) is 11.6. The van der Waals surface area contributed by atoms with Crippen LogP contribution >= 0.6 is 12.6 Å². The van der Waals surface area contributed by atoms with E-state index in [-0.39, 0.29) is 0 Å². The van der Waals surface area contributed by atoms with Crippen molar-refractivity contribution in [2.45, 2.75) is 45.4 Å². The van der Waals surface area contributed by atoms with E-state index < -0.39 is 0 Å². The Morgan fingerprint density at radius 1 is 1.44 bits per heavy atom. The van der Waals surface area contributed by atoms with Crippen molar-refractivity contribution in [2.75, 3.05) is 18.8 Å². The molecule has 1 aliphatic carbocycles. The molecule has 0 spiro atoms. The van der Waals surface area contributed by atoms with E-state index in [9.17, 15) is 4.79 Å². The van der Waals surface area contributed by atoms with Gasteiger partial charge in [0.25, 0.3) is 0 Å². The Balaban J connectivity index is 1.91. The maximum Gasteiger partial charge on any atom is 0.222 e. The van der Waals surface area contributed by atoms with Crippen LogP contribution in [0.1, 0.15) is 45.4 Å². The number of amides is 1. The molecule has 1 amide bonds. The molecule has 1 atom stereocenters. The van der Waals surface area contributed by atoms with Crippen molar-refractivity contribution in [1.29, 1.82) is 0 Å². The predicted molar refractivity (Wildman–Crippen MR) is 69.7 cm³/mol. The second kappa shape index (κ2) is 4.99. The molecule has 0 aromatic carbocycles. The summed E-state index contributed by atoms with van der Waals surface area (Å²) in [6, 6.07) is 0. The largest absolute Gasteiger partial charge is 0.342 e. The molecule has 0 bridgehead atoms. The van der Waals surface area contributed by atoms with Crippen molar-refractivity contribution in [3.05, 3.63) is 0 Å². The minimum atomic E-state index is 0.379. The van der Waals surface area contributed by atoms with E-state index in [1.807, 2.05) is 0 Å². The summed E-state index contributed by atoms with van der Waals surface area (Å²) < 4.78 is 0. The first kappa shape index (κ1) is 12.3. The van der Waals surface area contributed by atoms with Crippen LogP contribution in [0.3, 0.4) is 0 Å². The summed E-state index contributed by atoms with van der Waals surface area (Å²) in [6.45, 7) is 4.18. The fourth-order valence-corrected chi connectivity index (χ4v) is 3.03. The van der Waals surface area contributed by atoms with E-state index in [2.05, 4.69) is 24.5 Å². The Kier molecular flexibility index (Phi) is 3.83. The van der Waals surface area contributed by atoms with Crippen molar-refractivity contribution in [3.63, 3.8) is 0 Å². The number of nitrogens with zero attached hydrogens (tertiary/aromatic N) is 1. The minimum absolute atomic E-state index is 0.379. The number of likely N-dealkylation sites (tertiary alicyclic amines) is 1. The SMILES string of the molecule is CCC1CCC(=O)N(CC2(CS)CC2)CC1. The number of carbonyl (C=O) groups excluding carboxylic acids is 1. The highest BCUT2D eigenvalue weighted by molar-refractivity contribution is 7.80. The molecule has 2 aliphatic rings. The normalized spacial score (nSPS) is 29.0. The number of carbonyl (C=O) groups is 1. The van der Waals surface area contributed by atoms with E-state index in [0.29, 0.717) is 11.3 Å². The molecule has 1 unspecified atom stereocenters. The first-order chi connectivity index (χ1) is 7.69. The van der Waals surface area contributed by atoms with Gasteiger partial charge in [-0.1, -0.05) is 13.3 Å². The smallest absolute Gasteiger partial charge is 0.222 e. The average Bonchev–Trinajstić information content (AvgIpc) is 3.08. The molecule has 1 saturated heterocycles. The van der Waals surface area contributed by atoms with Crippen LogP contribution in [-0.2, 0) is 4.79 Å². The molecule has 0 aromatic heterocycles. The number of rotatable bonds is 4. The van der Waals surface area contributed by atoms with Crippen LogP contribution in [0.15, 0.2) is 0 Å². The number of thiol groups is 1. The first-order valence-electron chi connectivity index (χ1n) is 6.58. The molecule has 16 heavy (non-hydrogen) atoms. The minimum Gasteiger partial charge on any atom is -0.342 e. The van der Waals surface area contributed by atoms with Gasteiger partial charge in [0.2, 0.25) is 5.91 Å². The summed E-state index contributed by atoms with van der Waals surface area (Å²) in [5.74, 6) is 2.08. The molecule has 3 heteroatoms. The fourth-order valence-electron chi connectivity index (χ4n) is 2.62. The van der Waals surface area contributed by atoms with Crippen LogP contribution in [0.2, 0.25) is 0 Å². The van der Waals surface area contributed by atoms with Gasteiger partial charge < -0.3 is 4.90 Å².